The van der Waals surface area contributed by atoms with Crippen LogP contribution in [0.1, 0.15) is 11.1 Å². The number of para-hydroxylation sites is 1. The van der Waals surface area contributed by atoms with E-state index >= 15 is 0 Å². The number of halogens is 3. The fourth-order valence-corrected chi connectivity index (χ4v) is 2.67. The van der Waals surface area contributed by atoms with Crippen LogP contribution in [0.4, 0.5) is 10.1 Å². The molecule has 0 aliphatic rings. The van der Waals surface area contributed by atoms with Crippen LogP contribution in [-0.4, -0.2) is 0 Å². The SMILES string of the molecule is Fc1ccc(NCc2ccccc2OCc2ccc(Cl)c(Cl)c2)cc1. The Morgan fingerprint density at radius 1 is 0.880 bits per heavy atom. The number of hydrogen-bond acceptors (Lipinski definition) is 2. The van der Waals surface area contributed by atoms with Gasteiger partial charge >= 0.3 is 0 Å². The molecular formula is C20H16Cl2FNO. The van der Waals surface area contributed by atoms with E-state index in [0.717, 1.165) is 22.6 Å². The monoisotopic (exact) mass is 375 g/mol. The van der Waals surface area contributed by atoms with Crippen LogP contribution in [0, 0.1) is 5.82 Å². The smallest absolute Gasteiger partial charge is 0.124 e. The van der Waals surface area contributed by atoms with E-state index in [1.165, 1.54) is 12.1 Å². The zero-order chi connectivity index (χ0) is 17.6. The largest absolute Gasteiger partial charge is 0.489 e. The molecule has 128 valence electrons. The maximum Gasteiger partial charge on any atom is 0.124 e. The normalized spacial score (nSPS) is 10.5. The third-order valence-corrected chi connectivity index (χ3v) is 4.42. The molecule has 2 nitrogen and oxygen atoms in total. The molecule has 0 fully saturated rings. The van der Waals surface area contributed by atoms with Crippen molar-refractivity contribution in [1.82, 2.24) is 0 Å². The number of anilines is 1. The van der Waals surface area contributed by atoms with E-state index in [1.54, 1.807) is 24.3 Å². The van der Waals surface area contributed by atoms with Crippen molar-refractivity contribution >= 4 is 28.9 Å². The predicted octanol–water partition coefficient (Wildman–Crippen LogP) is 6.32. The molecule has 0 aromatic heterocycles. The molecule has 0 saturated carbocycles. The van der Waals surface area contributed by atoms with Gasteiger partial charge in [-0.25, -0.2) is 4.39 Å². The quantitative estimate of drug-likeness (QED) is 0.543. The molecule has 0 spiro atoms. The first-order valence-corrected chi connectivity index (χ1v) is 8.51. The van der Waals surface area contributed by atoms with Crippen LogP contribution in [0.2, 0.25) is 10.0 Å². The summed E-state index contributed by atoms with van der Waals surface area (Å²) >= 11 is 12.0. The highest BCUT2D eigenvalue weighted by Crippen LogP contribution is 2.25. The van der Waals surface area contributed by atoms with Gasteiger partial charge in [0.15, 0.2) is 0 Å². The van der Waals surface area contributed by atoms with Crippen molar-refractivity contribution < 1.29 is 9.13 Å². The highest BCUT2D eigenvalue weighted by molar-refractivity contribution is 6.42. The second kappa shape index (κ2) is 8.24. The molecule has 3 aromatic rings. The van der Waals surface area contributed by atoms with Crippen molar-refractivity contribution in [2.24, 2.45) is 0 Å². The molecule has 0 bridgehead atoms. The molecule has 1 N–H and O–H groups in total. The average Bonchev–Trinajstić information content (AvgIpc) is 2.63. The van der Waals surface area contributed by atoms with Crippen LogP contribution >= 0.6 is 23.2 Å². The molecule has 0 unspecified atom stereocenters. The standard InChI is InChI=1S/C20H16Cl2FNO/c21-18-10-5-14(11-19(18)22)13-25-20-4-2-1-3-15(20)12-24-17-8-6-16(23)7-9-17/h1-11,24H,12-13H2. The van der Waals surface area contributed by atoms with E-state index in [9.17, 15) is 4.39 Å². The van der Waals surface area contributed by atoms with Gasteiger partial charge in [0.1, 0.15) is 18.2 Å². The number of hydrogen-bond donors (Lipinski definition) is 1. The Hall–Kier alpha value is -2.23. The highest BCUT2D eigenvalue weighted by atomic mass is 35.5. The van der Waals surface area contributed by atoms with Gasteiger partial charge in [0.2, 0.25) is 0 Å². The van der Waals surface area contributed by atoms with Crippen molar-refractivity contribution in [3.05, 3.63) is 93.7 Å². The van der Waals surface area contributed by atoms with Crippen molar-refractivity contribution in [1.29, 1.82) is 0 Å². The Kier molecular flexibility index (Phi) is 5.79. The summed E-state index contributed by atoms with van der Waals surface area (Å²) in [7, 11) is 0. The van der Waals surface area contributed by atoms with Gasteiger partial charge in [-0.05, 0) is 48.0 Å². The Bertz CT molecular complexity index is 853. The summed E-state index contributed by atoms with van der Waals surface area (Å²) in [5.41, 5.74) is 2.79. The lowest BCUT2D eigenvalue weighted by Crippen LogP contribution is -2.03. The third kappa shape index (κ3) is 4.88. The summed E-state index contributed by atoms with van der Waals surface area (Å²) in [5, 5.41) is 4.29. The van der Waals surface area contributed by atoms with Gasteiger partial charge in [0.25, 0.3) is 0 Å². The van der Waals surface area contributed by atoms with Gasteiger partial charge in [-0.1, -0.05) is 47.5 Å². The van der Waals surface area contributed by atoms with Crippen molar-refractivity contribution in [2.45, 2.75) is 13.2 Å². The second-order valence-corrected chi connectivity index (χ2v) is 6.32. The van der Waals surface area contributed by atoms with Crippen LogP contribution in [0.3, 0.4) is 0 Å². The first kappa shape index (κ1) is 17.6. The summed E-state index contributed by atoms with van der Waals surface area (Å²) < 4.78 is 18.9. The zero-order valence-electron chi connectivity index (χ0n) is 13.3. The van der Waals surface area contributed by atoms with Gasteiger partial charge in [-0.15, -0.1) is 0 Å². The Morgan fingerprint density at radius 2 is 1.64 bits per heavy atom. The lowest BCUT2D eigenvalue weighted by atomic mass is 10.2. The van der Waals surface area contributed by atoms with Crippen LogP contribution in [0.15, 0.2) is 66.7 Å². The first-order valence-electron chi connectivity index (χ1n) is 7.76. The molecule has 3 rings (SSSR count). The molecule has 0 saturated heterocycles. The predicted molar refractivity (Wildman–Crippen MR) is 101 cm³/mol. The summed E-state index contributed by atoms with van der Waals surface area (Å²) in [6.07, 6.45) is 0. The fraction of sp³-hybridized carbons (Fsp3) is 0.100. The average molecular weight is 376 g/mol. The number of benzene rings is 3. The molecule has 0 amide bonds. The summed E-state index contributed by atoms with van der Waals surface area (Å²) in [6, 6.07) is 19.5. The van der Waals surface area contributed by atoms with Gasteiger partial charge in [0.05, 0.1) is 10.0 Å². The molecular weight excluding hydrogens is 360 g/mol. The summed E-state index contributed by atoms with van der Waals surface area (Å²) in [4.78, 5) is 0. The van der Waals surface area contributed by atoms with Gasteiger partial charge in [0, 0.05) is 17.8 Å². The minimum absolute atomic E-state index is 0.254. The summed E-state index contributed by atoms with van der Waals surface area (Å²) in [5.74, 6) is 0.527. The minimum atomic E-state index is -0.254. The lowest BCUT2D eigenvalue weighted by molar-refractivity contribution is 0.303. The molecule has 0 aliphatic heterocycles. The molecule has 0 atom stereocenters. The van der Waals surface area contributed by atoms with E-state index in [-0.39, 0.29) is 5.82 Å². The topological polar surface area (TPSA) is 21.3 Å². The molecule has 25 heavy (non-hydrogen) atoms. The molecule has 0 heterocycles. The second-order valence-electron chi connectivity index (χ2n) is 5.51. The van der Waals surface area contributed by atoms with Crippen molar-refractivity contribution in [3.63, 3.8) is 0 Å². The van der Waals surface area contributed by atoms with Crippen LogP contribution in [0.5, 0.6) is 5.75 Å². The van der Waals surface area contributed by atoms with Gasteiger partial charge in [-0.3, -0.25) is 0 Å². The van der Waals surface area contributed by atoms with Crippen LogP contribution < -0.4 is 10.1 Å². The summed E-state index contributed by atoms with van der Waals surface area (Å²) in [6.45, 7) is 0.966. The number of rotatable bonds is 6. The molecule has 3 aromatic carbocycles. The Morgan fingerprint density at radius 3 is 2.40 bits per heavy atom. The Balaban J connectivity index is 1.65. The van der Waals surface area contributed by atoms with E-state index in [1.807, 2.05) is 30.3 Å². The minimum Gasteiger partial charge on any atom is -0.489 e. The van der Waals surface area contributed by atoms with Crippen molar-refractivity contribution in [2.75, 3.05) is 5.32 Å². The highest BCUT2D eigenvalue weighted by Gasteiger charge is 2.05. The van der Waals surface area contributed by atoms with Crippen molar-refractivity contribution in [3.8, 4) is 5.75 Å². The van der Waals surface area contributed by atoms with E-state index in [4.69, 9.17) is 27.9 Å². The maximum atomic E-state index is 13.0. The molecule has 0 radical (unpaired) electrons. The van der Waals surface area contributed by atoms with E-state index in [2.05, 4.69) is 5.32 Å². The maximum absolute atomic E-state index is 13.0. The number of nitrogens with one attached hydrogen (secondary N) is 1. The third-order valence-electron chi connectivity index (χ3n) is 3.68. The van der Waals surface area contributed by atoms with Gasteiger partial charge < -0.3 is 10.1 Å². The van der Waals surface area contributed by atoms with Gasteiger partial charge in [-0.2, -0.15) is 0 Å². The Labute approximate surface area is 156 Å². The van der Waals surface area contributed by atoms with E-state index in [0.29, 0.717) is 23.2 Å². The van der Waals surface area contributed by atoms with E-state index < -0.39 is 0 Å². The molecule has 5 heteroatoms. The zero-order valence-corrected chi connectivity index (χ0v) is 14.8. The first-order chi connectivity index (χ1) is 12.1. The van der Waals surface area contributed by atoms with Crippen LogP contribution in [-0.2, 0) is 13.2 Å². The number of ether oxygens (including phenoxy) is 1. The van der Waals surface area contributed by atoms with Crippen LogP contribution in [0.25, 0.3) is 0 Å². The molecule has 0 aliphatic carbocycles. The lowest BCUT2D eigenvalue weighted by Gasteiger charge is -2.13. The fourth-order valence-electron chi connectivity index (χ4n) is 2.35.